The molecule has 1 aromatic carbocycles. The third kappa shape index (κ3) is 3.06. The monoisotopic (exact) mass is 333 g/mol. The minimum atomic E-state index is -3.86. The van der Waals surface area contributed by atoms with Crippen molar-refractivity contribution in [3.63, 3.8) is 0 Å². The van der Waals surface area contributed by atoms with E-state index in [0.717, 1.165) is 0 Å². The number of halogens is 1. The number of methoxy groups -OCH3 is 1. The second kappa shape index (κ2) is 6.31. The number of aliphatic hydroxyl groups excluding tert-OH is 1. The van der Waals surface area contributed by atoms with Crippen LogP contribution < -0.4 is 0 Å². The number of nitrogens with zero attached hydrogens (tertiary/aromatic N) is 1. The predicted molar refractivity (Wildman–Crippen MR) is 76.8 cm³/mol. The van der Waals surface area contributed by atoms with Gasteiger partial charge in [-0.15, -0.1) is 0 Å². The second-order valence-electron chi connectivity index (χ2n) is 4.73. The van der Waals surface area contributed by atoms with Gasteiger partial charge in [0, 0.05) is 12.6 Å². The van der Waals surface area contributed by atoms with E-state index < -0.39 is 22.0 Å². The van der Waals surface area contributed by atoms with Gasteiger partial charge in [-0.3, -0.25) is 0 Å². The van der Waals surface area contributed by atoms with Crippen LogP contribution in [0.25, 0.3) is 0 Å². The molecule has 1 heterocycles. The first-order chi connectivity index (χ1) is 9.91. The molecule has 21 heavy (non-hydrogen) atoms. The van der Waals surface area contributed by atoms with E-state index in [9.17, 15) is 18.3 Å². The van der Waals surface area contributed by atoms with Gasteiger partial charge >= 0.3 is 5.97 Å². The zero-order valence-electron chi connectivity index (χ0n) is 11.5. The summed E-state index contributed by atoms with van der Waals surface area (Å²) in [5, 5.41) is 9.32. The molecular weight excluding hydrogens is 318 g/mol. The first kappa shape index (κ1) is 16.2. The number of carbonyl (C=O) groups excluding carboxylic acids is 1. The van der Waals surface area contributed by atoms with Crippen LogP contribution in [0.2, 0.25) is 5.02 Å². The topological polar surface area (TPSA) is 83.9 Å². The summed E-state index contributed by atoms with van der Waals surface area (Å²) in [5.41, 5.74) is 0.111. The highest BCUT2D eigenvalue weighted by Gasteiger charge is 2.36. The quantitative estimate of drug-likeness (QED) is 0.839. The van der Waals surface area contributed by atoms with Gasteiger partial charge in [0.2, 0.25) is 10.0 Å². The number of carbonyl (C=O) groups is 1. The van der Waals surface area contributed by atoms with E-state index >= 15 is 0 Å². The molecule has 0 saturated carbocycles. The third-order valence-electron chi connectivity index (χ3n) is 3.47. The predicted octanol–water partition coefficient (Wildman–Crippen LogP) is 1.27. The van der Waals surface area contributed by atoms with E-state index in [1.54, 1.807) is 0 Å². The molecule has 2 rings (SSSR count). The Kier molecular flexibility index (Phi) is 4.88. The van der Waals surface area contributed by atoms with Gasteiger partial charge in [0.05, 0.1) is 24.3 Å². The number of hydrogen-bond acceptors (Lipinski definition) is 5. The molecule has 1 aliphatic heterocycles. The molecule has 0 unspecified atom stereocenters. The van der Waals surface area contributed by atoms with E-state index in [1.807, 2.05) is 0 Å². The average molecular weight is 334 g/mol. The molecule has 0 bridgehead atoms. The molecule has 0 radical (unpaired) electrons. The van der Waals surface area contributed by atoms with Crippen LogP contribution in [0.3, 0.4) is 0 Å². The van der Waals surface area contributed by atoms with Gasteiger partial charge in [-0.1, -0.05) is 11.6 Å². The molecule has 6 nitrogen and oxygen atoms in total. The lowest BCUT2D eigenvalue weighted by Crippen LogP contribution is -2.37. The normalized spacial score (nSPS) is 19.7. The standard InChI is InChI=1S/C13H16ClNO5S/c1-20-13(17)9-4-5-11(14)12(7-9)21(18,19)15-6-2-3-10(15)8-16/h4-5,7,10,16H,2-3,6,8H2,1H3/t10-/m0/s1. The third-order valence-corrected chi connectivity index (χ3v) is 5.91. The second-order valence-corrected chi connectivity index (χ2v) is 7.00. The zero-order chi connectivity index (χ0) is 15.6. The highest BCUT2D eigenvalue weighted by Crippen LogP contribution is 2.30. The molecule has 8 heteroatoms. The lowest BCUT2D eigenvalue weighted by Gasteiger charge is -2.23. The molecule has 0 aromatic heterocycles. The molecule has 1 atom stereocenters. The van der Waals surface area contributed by atoms with Crippen LogP contribution in [0.5, 0.6) is 0 Å². The van der Waals surface area contributed by atoms with Crippen molar-refractivity contribution in [1.82, 2.24) is 4.31 Å². The highest BCUT2D eigenvalue weighted by molar-refractivity contribution is 7.89. The Morgan fingerprint density at radius 3 is 2.86 bits per heavy atom. The van der Waals surface area contributed by atoms with Crippen LogP contribution in [0.15, 0.2) is 23.1 Å². The maximum absolute atomic E-state index is 12.7. The molecule has 1 N–H and O–H groups in total. The van der Waals surface area contributed by atoms with Gasteiger partial charge in [0.25, 0.3) is 0 Å². The number of esters is 1. The van der Waals surface area contributed by atoms with Crippen molar-refractivity contribution in [3.8, 4) is 0 Å². The molecular formula is C13H16ClNO5S. The molecule has 1 fully saturated rings. The number of hydrogen-bond donors (Lipinski definition) is 1. The number of ether oxygens (including phenoxy) is 1. The Morgan fingerprint density at radius 2 is 2.24 bits per heavy atom. The number of sulfonamides is 1. The van der Waals surface area contributed by atoms with Crippen LogP contribution >= 0.6 is 11.6 Å². The van der Waals surface area contributed by atoms with Crippen LogP contribution in [0.4, 0.5) is 0 Å². The first-order valence-corrected chi connectivity index (χ1v) is 8.24. The number of rotatable bonds is 4. The summed E-state index contributed by atoms with van der Waals surface area (Å²) >= 11 is 5.98. The van der Waals surface area contributed by atoms with Gasteiger partial charge in [-0.2, -0.15) is 4.31 Å². The Bertz CT molecular complexity index is 646. The lowest BCUT2D eigenvalue weighted by atomic mass is 10.2. The van der Waals surface area contributed by atoms with E-state index in [0.29, 0.717) is 19.4 Å². The molecule has 0 amide bonds. The maximum Gasteiger partial charge on any atom is 0.337 e. The van der Waals surface area contributed by atoms with Gasteiger partial charge in [-0.05, 0) is 31.0 Å². The van der Waals surface area contributed by atoms with Gasteiger partial charge in [0.15, 0.2) is 0 Å². The fraction of sp³-hybridized carbons (Fsp3) is 0.462. The average Bonchev–Trinajstić information content (AvgIpc) is 2.96. The maximum atomic E-state index is 12.7. The zero-order valence-corrected chi connectivity index (χ0v) is 13.0. The molecule has 0 aliphatic carbocycles. The van der Waals surface area contributed by atoms with E-state index in [-0.39, 0.29) is 22.1 Å². The van der Waals surface area contributed by atoms with E-state index in [4.69, 9.17) is 11.6 Å². The lowest BCUT2D eigenvalue weighted by molar-refractivity contribution is 0.0600. The highest BCUT2D eigenvalue weighted by atomic mass is 35.5. The SMILES string of the molecule is COC(=O)c1ccc(Cl)c(S(=O)(=O)N2CCC[C@H]2CO)c1. The fourth-order valence-electron chi connectivity index (χ4n) is 2.38. The van der Waals surface area contributed by atoms with Crippen molar-refractivity contribution in [2.45, 2.75) is 23.8 Å². The van der Waals surface area contributed by atoms with Crippen molar-refractivity contribution in [2.24, 2.45) is 0 Å². The number of benzene rings is 1. The van der Waals surface area contributed by atoms with Gasteiger partial charge in [-0.25, -0.2) is 13.2 Å². The summed E-state index contributed by atoms with van der Waals surface area (Å²) in [6.45, 7) is 0.0832. The molecule has 1 aromatic rings. The Balaban J connectivity index is 2.46. The Labute approximate surface area is 128 Å². The van der Waals surface area contributed by atoms with Gasteiger partial charge < -0.3 is 9.84 Å². The van der Waals surface area contributed by atoms with Crippen molar-refractivity contribution in [1.29, 1.82) is 0 Å². The van der Waals surface area contributed by atoms with Crippen LogP contribution in [-0.2, 0) is 14.8 Å². The van der Waals surface area contributed by atoms with Crippen LogP contribution in [0, 0.1) is 0 Å². The van der Waals surface area contributed by atoms with Crippen molar-refractivity contribution < 1.29 is 23.1 Å². The largest absolute Gasteiger partial charge is 0.465 e. The summed E-state index contributed by atoms with van der Waals surface area (Å²) in [4.78, 5) is 11.4. The summed E-state index contributed by atoms with van der Waals surface area (Å²) in [6, 6.07) is 3.51. The van der Waals surface area contributed by atoms with Crippen molar-refractivity contribution in [3.05, 3.63) is 28.8 Å². The molecule has 0 spiro atoms. The minimum Gasteiger partial charge on any atom is -0.465 e. The minimum absolute atomic E-state index is 0.0336. The summed E-state index contributed by atoms with van der Waals surface area (Å²) in [6.07, 6.45) is 1.28. The Hall–Kier alpha value is -1.15. The molecule has 116 valence electrons. The summed E-state index contributed by atoms with van der Waals surface area (Å²) < 4.78 is 31.1. The van der Waals surface area contributed by atoms with E-state index in [2.05, 4.69) is 4.74 Å². The molecule has 1 aliphatic rings. The molecule has 1 saturated heterocycles. The Morgan fingerprint density at radius 1 is 1.52 bits per heavy atom. The fourth-order valence-corrected chi connectivity index (χ4v) is 4.57. The van der Waals surface area contributed by atoms with E-state index in [1.165, 1.54) is 29.6 Å². The van der Waals surface area contributed by atoms with Gasteiger partial charge in [0.1, 0.15) is 4.90 Å². The smallest absolute Gasteiger partial charge is 0.337 e. The summed E-state index contributed by atoms with van der Waals surface area (Å²) in [5.74, 6) is -0.636. The summed E-state index contributed by atoms with van der Waals surface area (Å²) in [7, 11) is -2.65. The first-order valence-electron chi connectivity index (χ1n) is 6.42. The number of aliphatic hydroxyl groups is 1. The van der Waals surface area contributed by atoms with Crippen molar-refractivity contribution >= 4 is 27.6 Å². The van der Waals surface area contributed by atoms with Crippen LogP contribution in [0.1, 0.15) is 23.2 Å². The van der Waals surface area contributed by atoms with Crippen LogP contribution in [-0.4, -0.2) is 50.1 Å². The van der Waals surface area contributed by atoms with Crippen molar-refractivity contribution in [2.75, 3.05) is 20.3 Å².